The molecule has 10 nitrogen and oxygen atoms in total. The maximum absolute atomic E-state index is 15.3. The van der Waals surface area contributed by atoms with E-state index in [0.717, 1.165) is 12.1 Å². The largest absolute Gasteiger partial charge is 0.494 e. The standard InChI is InChI=1S/C60H36F14N2O8S/c1-30-7-5-9-39(42(30)28-75)40-24-13-32(27-41(40)55(77)31-11-18-35(19-12-31)82-25-3-4-26-85(78,79)80)38-8-6-10-44(43(38)29-76)83-36-20-14-33(15-21-36)58(59(69,70)71,60(72,73)74)34-16-22-37(23-17-34)84-57-53(67)49(63)46(50(64)54(57)68)45-47(61)51(65)56(81-2)52(66)48(45)62/h5-24,27H,3-4,25-26H2,1-2H3,(H,78,79,80). The summed E-state index contributed by atoms with van der Waals surface area (Å²) in [7, 11) is -3.60. The zero-order valence-electron chi connectivity index (χ0n) is 43.4. The number of nitrogens with zero attached hydrogens (tertiary/aromatic N) is 2. The molecule has 0 aliphatic rings. The van der Waals surface area contributed by atoms with Gasteiger partial charge in [0.15, 0.2) is 34.8 Å². The molecule has 0 aliphatic heterocycles. The number of carbonyl (C=O) groups excluding carboxylic acids is 1. The van der Waals surface area contributed by atoms with Gasteiger partial charge in [-0.15, -0.1) is 0 Å². The third-order valence-electron chi connectivity index (χ3n) is 13.3. The predicted octanol–water partition coefficient (Wildman–Crippen LogP) is 16.1. The van der Waals surface area contributed by atoms with Crippen LogP contribution in [-0.4, -0.2) is 50.6 Å². The lowest BCUT2D eigenvalue weighted by Crippen LogP contribution is -2.54. The smallest absolute Gasteiger partial charge is 0.411 e. The highest BCUT2D eigenvalue weighted by Gasteiger charge is 2.72. The van der Waals surface area contributed by atoms with E-state index >= 15 is 43.9 Å². The van der Waals surface area contributed by atoms with Crippen molar-refractivity contribution in [2.75, 3.05) is 19.5 Å². The first-order valence-electron chi connectivity index (χ1n) is 24.5. The maximum atomic E-state index is 15.3. The molecule has 0 saturated carbocycles. The Morgan fingerprint density at radius 2 is 1.04 bits per heavy atom. The number of ketones is 1. The maximum Gasteiger partial charge on any atom is 0.411 e. The average molecular weight is 1210 g/mol. The SMILES string of the molecule is COc1c(F)c(F)c(-c2c(F)c(F)c(Oc3ccc(C(c4ccc(Oc5cccc(-c6ccc(-c7cccc(C)c7C#N)c(C(=O)c7ccc(OCCCCS(=O)(=O)O)cc7)c6)c5C#N)cc4)(C(F)(F)F)C(F)(F)F)cc3)c(F)c2F)c(F)c1F. The lowest BCUT2D eigenvalue weighted by molar-refractivity contribution is -0.288. The van der Waals surface area contributed by atoms with Crippen molar-refractivity contribution in [3.8, 4) is 80.0 Å². The predicted molar refractivity (Wildman–Crippen MR) is 277 cm³/mol. The molecule has 438 valence electrons. The topological polar surface area (TPSA) is 156 Å². The van der Waals surface area contributed by atoms with Gasteiger partial charge in [0, 0.05) is 22.3 Å². The fraction of sp³-hybridized carbons (Fsp3) is 0.150. The van der Waals surface area contributed by atoms with Crippen LogP contribution >= 0.6 is 0 Å². The van der Waals surface area contributed by atoms with Gasteiger partial charge in [0.05, 0.1) is 36.2 Å². The van der Waals surface area contributed by atoms with Crippen LogP contribution in [0.2, 0.25) is 0 Å². The van der Waals surface area contributed by atoms with Crippen LogP contribution in [0.15, 0.2) is 127 Å². The lowest BCUT2D eigenvalue weighted by atomic mass is 9.73. The second-order valence-corrected chi connectivity index (χ2v) is 20.0. The number of hydrogen-bond acceptors (Lipinski definition) is 9. The second-order valence-electron chi connectivity index (χ2n) is 18.5. The summed E-state index contributed by atoms with van der Waals surface area (Å²) in [5, 5.41) is 20.7. The highest BCUT2D eigenvalue weighted by molar-refractivity contribution is 7.85. The molecule has 8 aromatic carbocycles. The van der Waals surface area contributed by atoms with Gasteiger partial charge in [0.2, 0.25) is 34.4 Å². The molecule has 8 rings (SSSR count). The molecule has 25 heteroatoms. The van der Waals surface area contributed by atoms with Crippen molar-refractivity contribution in [1.82, 2.24) is 0 Å². The number of rotatable bonds is 18. The Kier molecular flexibility index (Phi) is 17.4. The van der Waals surface area contributed by atoms with Gasteiger partial charge in [-0.2, -0.15) is 62.8 Å². The Balaban J connectivity index is 1.10. The van der Waals surface area contributed by atoms with E-state index < -0.39 is 131 Å². The fourth-order valence-electron chi connectivity index (χ4n) is 9.29. The Labute approximate surface area is 473 Å². The molecular weight excluding hydrogens is 1170 g/mol. The van der Waals surface area contributed by atoms with Crippen LogP contribution < -0.4 is 18.9 Å². The summed E-state index contributed by atoms with van der Waals surface area (Å²) in [5.74, 6) is -26.7. The number of ether oxygens (including phenoxy) is 4. The molecule has 0 spiro atoms. The molecule has 0 aromatic heterocycles. The number of nitriles is 2. The third kappa shape index (κ3) is 11.8. The van der Waals surface area contributed by atoms with E-state index in [1.54, 1.807) is 31.2 Å². The molecule has 0 aliphatic carbocycles. The summed E-state index contributed by atoms with van der Waals surface area (Å²) in [6.07, 6.45) is -12.1. The molecule has 0 atom stereocenters. The van der Waals surface area contributed by atoms with Gasteiger partial charge in [0.25, 0.3) is 10.1 Å². The van der Waals surface area contributed by atoms with Gasteiger partial charge < -0.3 is 18.9 Å². The van der Waals surface area contributed by atoms with Crippen LogP contribution in [0.5, 0.6) is 34.5 Å². The van der Waals surface area contributed by atoms with Crippen LogP contribution in [0.1, 0.15) is 56.6 Å². The van der Waals surface area contributed by atoms with E-state index in [4.69, 9.17) is 18.8 Å². The number of benzene rings is 8. The van der Waals surface area contributed by atoms with Crippen LogP contribution in [-0.2, 0) is 15.5 Å². The van der Waals surface area contributed by atoms with Gasteiger partial charge in [-0.25, -0.2) is 17.6 Å². The van der Waals surface area contributed by atoms with Crippen molar-refractivity contribution in [3.05, 3.63) is 213 Å². The van der Waals surface area contributed by atoms with Crippen molar-refractivity contribution in [2.24, 2.45) is 0 Å². The van der Waals surface area contributed by atoms with Crippen molar-refractivity contribution < 1.29 is 98.2 Å². The minimum Gasteiger partial charge on any atom is -0.494 e. The Morgan fingerprint density at radius 1 is 0.553 bits per heavy atom. The fourth-order valence-corrected chi connectivity index (χ4v) is 9.85. The number of carbonyl (C=O) groups is 1. The van der Waals surface area contributed by atoms with Crippen LogP contribution in [0.25, 0.3) is 33.4 Å². The summed E-state index contributed by atoms with van der Waals surface area (Å²) in [4.78, 5) is 14.5. The Hall–Kier alpha value is -9.46. The first-order valence-corrected chi connectivity index (χ1v) is 26.1. The van der Waals surface area contributed by atoms with Crippen molar-refractivity contribution in [3.63, 3.8) is 0 Å². The summed E-state index contributed by atoms with van der Waals surface area (Å²) in [6, 6.07) is 26.8. The molecule has 0 bridgehead atoms. The average Bonchev–Trinajstić information content (AvgIpc) is 0.894. The van der Waals surface area contributed by atoms with Gasteiger partial charge in [0.1, 0.15) is 40.7 Å². The number of unbranched alkanes of at least 4 members (excludes halogenated alkanes) is 1. The molecule has 0 amide bonds. The number of methoxy groups -OCH3 is 1. The quantitative estimate of drug-likeness (QED) is 0.0288. The van der Waals surface area contributed by atoms with Crippen molar-refractivity contribution >= 4 is 15.9 Å². The van der Waals surface area contributed by atoms with E-state index in [9.17, 15) is 41.3 Å². The van der Waals surface area contributed by atoms with E-state index in [1.165, 1.54) is 54.6 Å². The molecule has 0 unspecified atom stereocenters. The minimum atomic E-state index is -6.25. The number of halogens is 14. The highest BCUT2D eigenvalue weighted by atomic mass is 32.2. The summed E-state index contributed by atoms with van der Waals surface area (Å²) < 4.78 is 263. The molecule has 85 heavy (non-hydrogen) atoms. The first kappa shape index (κ1) is 61.6. The Morgan fingerprint density at radius 3 is 1.53 bits per heavy atom. The molecular formula is C60H36F14N2O8S. The lowest BCUT2D eigenvalue weighted by Gasteiger charge is -2.38. The van der Waals surface area contributed by atoms with Crippen LogP contribution in [0, 0.1) is 76.1 Å². The van der Waals surface area contributed by atoms with Gasteiger partial charge in [-0.3, -0.25) is 9.35 Å². The van der Waals surface area contributed by atoms with Gasteiger partial charge >= 0.3 is 12.4 Å². The number of hydrogen-bond donors (Lipinski definition) is 1. The summed E-state index contributed by atoms with van der Waals surface area (Å²) >= 11 is 0. The first-order chi connectivity index (χ1) is 40.1. The molecule has 0 radical (unpaired) electrons. The van der Waals surface area contributed by atoms with Gasteiger partial charge in [-0.1, -0.05) is 66.7 Å². The van der Waals surface area contributed by atoms with Crippen molar-refractivity contribution in [2.45, 2.75) is 37.5 Å². The Bertz CT molecular complexity index is 4050. The minimum absolute atomic E-state index is 0.0470. The van der Waals surface area contributed by atoms with Crippen LogP contribution in [0.4, 0.5) is 61.5 Å². The number of aryl methyl sites for hydroxylation is 1. The molecule has 1 N–H and O–H groups in total. The normalized spacial score (nSPS) is 11.9. The van der Waals surface area contributed by atoms with Crippen molar-refractivity contribution in [1.29, 1.82) is 10.5 Å². The zero-order chi connectivity index (χ0) is 62.1. The molecule has 0 saturated heterocycles. The van der Waals surface area contributed by atoms with E-state index in [0.29, 0.717) is 53.8 Å². The third-order valence-corrected chi connectivity index (χ3v) is 14.1. The second kappa shape index (κ2) is 24.0. The zero-order valence-corrected chi connectivity index (χ0v) is 44.2. The van der Waals surface area contributed by atoms with E-state index in [2.05, 4.69) is 10.8 Å². The molecule has 0 fully saturated rings. The highest BCUT2D eigenvalue weighted by Crippen LogP contribution is 2.57. The monoisotopic (exact) mass is 1210 g/mol. The van der Waals surface area contributed by atoms with Crippen LogP contribution in [0.3, 0.4) is 0 Å². The van der Waals surface area contributed by atoms with E-state index in [1.807, 2.05) is 6.07 Å². The molecule has 0 heterocycles. The van der Waals surface area contributed by atoms with Gasteiger partial charge in [-0.05, 0) is 108 Å². The number of alkyl halides is 6. The van der Waals surface area contributed by atoms with E-state index in [-0.39, 0.29) is 70.7 Å². The molecule has 8 aromatic rings. The summed E-state index contributed by atoms with van der Waals surface area (Å²) in [5.41, 5.74) is -10.7. The summed E-state index contributed by atoms with van der Waals surface area (Å²) in [6.45, 7) is 1.78.